The Hall–Kier alpha value is -1.83. The van der Waals surface area contributed by atoms with Crippen molar-refractivity contribution in [3.63, 3.8) is 0 Å². The number of halogens is 1. The molecule has 0 aliphatic carbocycles. The lowest BCUT2D eigenvalue weighted by Crippen LogP contribution is -2.43. The van der Waals surface area contributed by atoms with Gasteiger partial charge in [0.25, 0.3) is 5.91 Å². The van der Waals surface area contributed by atoms with Crippen molar-refractivity contribution in [1.29, 1.82) is 0 Å². The second-order valence-corrected chi connectivity index (χ2v) is 14.2. The van der Waals surface area contributed by atoms with E-state index in [0.717, 1.165) is 22.6 Å². The van der Waals surface area contributed by atoms with Gasteiger partial charge < -0.3 is 14.5 Å². The summed E-state index contributed by atoms with van der Waals surface area (Å²) in [5, 5.41) is 3.17. The molecule has 0 bridgehead atoms. The Balaban J connectivity index is 2.05. The van der Waals surface area contributed by atoms with E-state index in [0.29, 0.717) is 11.4 Å². The molecule has 0 aliphatic rings. The number of rotatable bonds is 6. The van der Waals surface area contributed by atoms with E-state index in [1.807, 2.05) is 24.3 Å². The number of benzene rings is 1. The van der Waals surface area contributed by atoms with Crippen LogP contribution in [0.1, 0.15) is 45.7 Å². The molecule has 1 aromatic heterocycles. The summed E-state index contributed by atoms with van der Waals surface area (Å²) in [7, 11) is -0.653. The first-order valence-corrected chi connectivity index (χ1v) is 13.0. The van der Waals surface area contributed by atoms with Gasteiger partial charge in [0.1, 0.15) is 10.6 Å². The van der Waals surface area contributed by atoms with Crippen LogP contribution in [-0.2, 0) is 11.3 Å². The summed E-state index contributed by atoms with van der Waals surface area (Å²) in [6.07, 6.45) is 0. The predicted octanol–water partition coefficient (Wildman–Crippen LogP) is 5.50. The van der Waals surface area contributed by atoms with Crippen LogP contribution in [0.5, 0.6) is 5.75 Å². The van der Waals surface area contributed by atoms with Gasteiger partial charge >= 0.3 is 5.97 Å². The number of esters is 1. The molecular formula is C20H26ClNO4SSi. The van der Waals surface area contributed by atoms with E-state index in [9.17, 15) is 9.59 Å². The molecule has 0 spiro atoms. The minimum absolute atomic E-state index is 0.104. The van der Waals surface area contributed by atoms with Crippen molar-refractivity contribution in [3.8, 4) is 5.75 Å². The fourth-order valence-electron chi connectivity index (χ4n) is 2.15. The number of carbonyl (C=O) groups excluding carboxylic acids is 2. The topological polar surface area (TPSA) is 64.6 Å². The van der Waals surface area contributed by atoms with E-state index in [1.54, 1.807) is 0 Å². The lowest BCUT2D eigenvalue weighted by molar-refractivity contribution is 0.0606. The maximum atomic E-state index is 12.4. The highest BCUT2D eigenvalue weighted by atomic mass is 35.5. The van der Waals surface area contributed by atoms with Crippen molar-refractivity contribution in [2.24, 2.45) is 0 Å². The van der Waals surface area contributed by atoms with Crippen LogP contribution in [0.3, 0.4) is 0 Å². The van der Waals surface area contributed by atoms with E-state index in [1.165, 1.54) is 13.2 Å². The second kappa shape index (κ2) is 8.67. The molecule has 152 valence electrons. The first-order valence-electron chi connectivity index (χ1n) is 8.88. The van der Waals surface area contributed by atoms with Crippen LogP contribution in [0.4, 0.5) is 0 Å². The maximum absolute atomic E-state index is 12.4. The molecule has 0 atom stereocenters. The van der Waals surface area contributed by atoms with Crippen LogP contribution in [-0.4, -0.2) is 27.3 Å². The fourth-order valence-corrected chi connectivity index (χ4v) is 4.42. The van der Waals surface area contributed by atoms with Crippen molar-refractivity contribution < 1.29 is 18.8 Å². The van der Waals surface area contributed by atoms with Gasteiger partial charge in [0, 0.05) is 6.54 Å². The molecule has 8 heteroatoms. The highest BCUT2D eigenvalue weighted by molar-refractivity contribution is 7.16. The quantitative estimate of drug-likeness (QED) is 0.476. The third kappa shape index (κ3) is 5.37. The molecule has 0 saturated carbocycles. The van der Waals surface area contributed by atoms with E-state index in [-0.39, 0.29) is 20.8 Å². The van der Waals surface area contributed by atoms with Gasteiger partial charge in [-0.25, -0.2) is 4.79 Å². The van der Waals surface area contributed by atoms with Gasteiger partial charge in [0.15, 0.2) is 0 Å². The van der Waals surface area contributed by atoms with E-state index < -0.39 is 14.3 Å². The van der Waals surface area contributed by atoms with Crippen LogP contribution in [0.2, 0.25) is 23.2 Å². The normalized spacial score (nSPS) is 11.8. The molecule has 0 fully saturated rings. The van der Waals surface area contributed by atoms with Crippen molar-refractivity contribution in [3.05, 3.63) is 50.7 Å². The van der Waals surface area contributed by atoms with Crippen LogP contribution in [0, 0.1) is 0 Å². The molecule has 2 rings (SSSR count). The molecular weight excluding hydrogens is 414 g/mol. The number of thiophene rings is 1. The highest BCUT2D eigenvalue weighted by Crippen LogP contribution is 2.37. The first-order chi connectivity index (χ1) is 12.9. The number of nitrogens with one attached hydrogen (secondary N) is 1. The molecule has 2 aromatic rings. The van der Waals surface area contributed by atoms with Crippen LogP contribution >= 0.6 is 22.9 Å². The van der Waals surface area contributed by atoms with Crippen molar-refractivity contribution in [2.45, 2.75) is 45.4 Å². The summed E-state index contributed by atoms with van der Waals surface area (Å²) in [4.78, 5) is 24.6. The first kappa shape index (κ1) is 22.5. The third-order valence-corrected chi connectivity index (χ3v) is 10.7. The van der Waals surface area contributed by atoms with Crippen molar-refractivity contribution >= 4 is 43.1 Å². The van der Waals surface area contributed by atoms with Crippen molar-refractivity contribution in [1.82, 2.24) is 5.32 Å². The zero-order valence-corrected chi connectivity index (χ0v) is 19.6. The Labute approximate surface area is 176 Å². The number of methoxy groups -OCH3 is 1. The number of ether oxygens (including phenoxy) is 1. The van der Waals surface area contributed by atoms with Gasteiger partial charge in [0.2, 0.25) is 8.32 Å². The number of hydrogen-bond donors (Lipinski definition) is 1. The molecule has 1 N–H and O–H groups in total. The van der Waals surface area contributed by atoms with Crippen LogP contribution < -0.4 is 9.74 Å². The van der Waals surface area contributed by atoms with Crippen LogP contribution in [0.15, 0.2) is 30.3 Å². The SMILES string of the molecule is COC(=O)c1sc(C(=O)NCc2cccc(O[Si](C)(C)C(C)(C)C)c2)cc1Cl. The average Bonchev–Trinajstić information content (AvgIpc) is 3.00. The molecule has 1 aromatic carbocycles. The summed E-state index contributed by atoms with van der Waals surface area (Å²) < 4.78 is 11.0. The van der Waals surface area contributed by atoms with E-state index in [2.05, 4.69) is 43.9 Å². The van der Waals surface area contributed by atoms with Gasteiger partial charge in [-0.1, -0.05) is 44.5 Å². The molecule has 0 unspecified atom stereocenters. The van der Waals surface area contributed by atoms with Crippen LogP contribution in [0.25, 0.3) is 0 Å². The number of hydrogen-bond acceptors (Lipinski definition) is 5. The number of carbonyl (C=O) groups is 2. The molecule has 1 heterocycles. The van der Waals surface area contributed by atoms with Gasteiger partial charge in [-0.3, -0.25) is 4.79 Å². The average molecular weight is 440 g/mol. The lowest BCUT2D eigenvalue weighted by Gasteiger charge is -2.36. The predicted molar refractivity (Wildman–Crippen MR) is 116 cm³/mol. The van der Waals surface area contributed by atoms with E-state index >= 15 is 0 Å². The minimum Gasteiger partial charge on any atom is -0.543 e. The minimum atomic E-state index is -1.93. The Morgan fingerprint density at radius 3 is 2.50 bits per heavy atom. The Bertz CT molecular complexity index is 873. The lowest BCUT2D eigenvalue weighted by atomic mass is 10.2. The largest absolute Gasteiger partial charge is 0.543 e. The number of amides is 1. The summed E-state index contributed by atoms with van der Waals surface area (Å²) in [6.45, 7) is 11.3. The Morgan fingerprint density at radius 2 is 1.89 bits per heavy atom. The monoisotopic (exact) mass is 439 g/mol. The zero-order chi connectivity index (χ0) is 21.1. The van der Waals surface area contributed by atoms with Gasteiger partial charge in [-0.05, 0) is 41.9 Å². The van der Waals surface area contributed by atoms with Gasteiger partial charge in [-0.15, -0.1) is 11.3 Å². The zero-order valence-electron chi connectivity index (χ0n) is 17.0. The fraction of sp³-hybridized carbons (Fsp3) is 0.400. The summed E-state index contributed by atoms with van der Waals surface area (Å²) >= 11 is 7.03. The standard InChI is InChI=1S/C20H26ClNO4SSi/c1-20(2,3)28(5,6)26-14-9-7-8-13(10-14)12-22-18(23)16-11-15(21)17(27-16)19(24)25-4/h7-11H,12H2,1-6H3,(H,22,23). The summed E-state index contributed by atoms with van der Waals surface area (Å²) in [6, 6.07) is 9.21. The molecule has 1 amide bonds. The molecule has 0 radical (unpaired) electrons. The van der Waals surface area contributed by atoms with Crippen molar-refractivity contribution in [2.75, 3.05) is 7.11 Å². The second-order valence-electron chi connectivity index (χ2n) is 7.97. The highest BCUT2D eigenvalue weighted by Gasteiger charge is 2.38. The van der Waals surface area contributed by atoms with Gasteiger partial charge in [0.05, 0.1) is 17.0 Å². The Morgan fingerprint density at radius 1 is 1.21 bits per heavy atom. The maximum Gasteiger partial charge on any atom is 0.349 e. The molecule has 28 heavy (non-hydrogen) atoms. The third-order valence-electron chi connectivity index (χ3n) is 4.81. The van der Waals surface area contributed by atoms with Gasteiger partial charge in [-0.2, -0.15) is 0 Å². The van der Waals surface area contributed by atoms with E-state index in [4.69, 9.17) is 16.0 Å². The molecule has 5 nitrogen and oxygen atoms in total. The summed E-state index contributed by atoms with van der Waals surface area (Å²) in [5.74, 6) is -0.0345. The Kier molecular flexibility index (Phi) is 6.96. The smallest absolute Gasteiger partial charge is 0.349 e. The molecule has 0 saturated heterocycles. The summed E-state index contributed by atoms with van der Waals surface area (Å²) in [5.41, 5.74) is 0.931. The molecule has 0 aliphatic heterocycles.